The Morgan fingerprint density at radius 1 is 1.33 bits per heavy atom. The Bertz CT molecular complexity index is 661. The molecule has 0 saturated heterocycles. The van der Waals surface area contributed by atoms with Crippen LogP contribution < -0.4 is 4.72 Å². The molecule has 1 aliphatic carbocycles. The van der Waals surface area contributed by atoms with Crippen LogP contribution in [0.2, 0.25) is 0 Å². The van der Waals surface area contributed by atoms with E-state index in [0.29, 0.717) is 12.8 Å². The molecular weight excluding hydrogens is 292 g/mol. The molecule has 2 atom stereocenters. The van der Waals surface area contributed by atoms with E-state index in [4.69, 9.17) is 10.00 Å². The molecule has 1 aromatic rings. The lowest BCUT2D eigenvalue weighted by Crippen LogP contribution is -2.34. The van der Waals surface area contributed by atoms with E-state index in [2.05, 4.69) is 6.07 Å². The Morgan fingerprint density at radius 3 is 2.62 bits per heavy atom. The highest BCUT2D eigenvalue weighted by Gasteiger charge is 2.31. The number of nitriles is 1. The van der Waals surface area contributed by atoms with Crippen molar-refractivity contribution in [1.29, 1.82) is 5.26 Å². The lowest BCUT2D eigenvalue weighted by molar-refractivity contribution is 0.0925. The van der Waals surface area contributed by atoms with Gasteiger partial charge in [-0.15, -0.1) is 0 Å². The fourth-order valence-corrected chi connectivity index (χ4v) is 3.14. The maximum atomic E-state index is 12.0. The first-order valence-corrected chi connectivity index (χ1v) is 8.10. The summed E-state index contributed by atoms with van der Waals surface area (Å²) in [6, 6.07) is 8.18. The van der Waals surface area contributed by atoms with E-state index in [9.17, 15) is 13.2 Å². The van der Waals surface area contributed by atoms with Crippen LogP contribution in [0.15, 0.2) is 29.2 Å². The number of amides is 1. The third kappa shape index (κ3) is 3.73. The molecule has 1 fully saturated rings. The second kappa shape index (κ2) is 6.14. The Labute approximate surface area is 123 Å². The van der Waals surface area contributed by atoms with Gasteiger partial charge in [0.05, 0.1) is 16.9 Å². The van der Waals surface area contributed by atoms with Crippen molar-refractivity contribution >= 4 is 16.1 Å². The molecule has 1 aliphatic rings. The van der Waals surface area contributed by atoms with E-state index in [-0.39, 0.29) is 10.8 Å². The van der Waals surface area contributed by atoms with Crippen LogP contribution in [0, 0.1) is 24.2 Å². The van der Waals surface area contributed by atoms with Gasteiger partial charge in [-0.25, -0.2) is 17.9 Å². The van der Waals surface area contributed by atoms with Crippen LogP contribution in [0.4, 0.5) is 4.79 Å². The first kappa shape index (κ1) is 15.3. The zero-order valence-electron chi connectivity index (χ0n) is 11.6. The molecule has 2 rings (SSSR count). The van der Waals surface area contributed by atoms with Gasteiger partial charge >= 0.3 is 6.09 Å². The summed E-state index contributed by atoms with van der Waals surface area (Å²) in [6.45, 7) is 1.83. The molecule has 21 heavy (non-hydrogen) atoms. The van der Waals surface area contributed by atoms with E-state index in [1.165, 1.54) is 12.1 Å². The molecular formula is C14H16N2O4S. The fourth-order valence-electron chi connectivity index (χ4n) is 2.26. The minimum atomic E-state index is -3.95. The normalized spacial score (nSPS) is 21.5. The van der Waals surface area contributed by atoms with Crippen LogP contribution in [0.5, 0.6) is 0 Å². The third-order valence-electron chi connectivity index (χ3n) is 3.43. The van der Waals surface area contributed by atoms with Gasteiger partial charge in [-0.2, -0.15) is 5.26 Å². The van der Waals surface area contributed by atoms with Gasteiger partial charge in [-0.05, 0) is 38.3 Å². The molecule has 0 aromatic heterocycles. The quantitative estimate of drug-likeness (QED) is 0.922. The van der Waals surface area contributed by atoms with Gasteiger partial charge in [0.25, 0.3) is 10.0 Å². The molecule has 6 nitrogen and oxygen atoms in total. The van der Waals surface area contributed by atoms with Crippen LogP contribution in [0.3, 0.4) is 0 Å². The second-order valence-corrected chi connectivity index (χ2v) is 6.71. The van der Waals surface area contributed by atoms with Crippen LogP contribution in [-0.2, 0) is 14.8 Å². The van der Waals surface area contributed by atoms with Crippen molar-refractivity contribution in [2.45, 2.75) is 37.2 Å². The SMILES string of the molecule is Cc1ccc(S(=O)(=O)NC(=O)O[C@@H]2CCC[C@H]2C#N)cc1. The van der Waals surface area contributed by atoms with E-state index < -0.39 is 22.2 Å². The van der Waals surface area contributed by atoms with Gasteiger partial charge in [0.1, 0.15) is 6.10 Å². The van der Waals surface area contributed by atoms with Crippen LogP contribution in [0.1, 0.15) is 24.8 Å². The largest absolute Gasteiger partial charge is 0.444 e. The van der Waals surface area contributed by atoms with Crippen molar-refractivity contribution in [3.05, 3.63) is 29.8 Å². The molecule has 112 valence electrons. The van der Waals surface area contributed by atoms with Gasteiger partial charge in [-0.3, -0.25) is 0 Å². The Morgan fingerprint density at radius 2 is 2.00 bits per heavy atom. The number of hydrogen-bond donors (Lipinski definition) is 1. The molecule has 1 amide bonds. The summed E-state index contributed by atoms with van der Waals surface area (Å²) in [5.41, 5.74) is 0.916. The molecule has 0 bridgehead atoms. The van der Waals surface area contributed by atoms with Crippen molar-refractivity contribution in [2.75, 3.05) is 0 Å². The number of sulfonamides is 1. The summed E-state index contributed by atoms with van der Waals surface area (Å²) >= 11 is 0. The monoisotopic (exact) mass is 308 g/mol. The topological polar surface area (TPSA) is 96.3 Å². The summed E-state index contributed by atoms with van der Waals surface area (Å²) in [7, 11) is -3.95. The van der Waals surface area contributed by atoms with E-state index in [0.717, 1.165) is 12.0 Å². The standard InChI is InChI=1S/C14H16N2O4S/c1-10-5-7-12(8-6-10)21(18,19)16-14(17)20-13-4-2-3-11(13)9-15/h5-8,11,13H,2-4H2,1H3,(H,16,17)/t11-,13+/m0/s1. The summed E-state index contributed by atoms with van der Waals surface area (Å²) in [6.07, 6.45) is 0.460. The minimum Gasteiger partial charge on any atom is -0.444 e. The zero-order chi connectivity index (χ0) is 15.5. The first-order valence-electron chi connectivity index (χ1n) is 6.62. The number of carbonyl (C=O) groups excluding carboxylic acids is 1. The lowest BCUT2D eigenvalue weighted by Gasteiger charge is -2.15. The highest BCUT2D eigenvalue weighted by atomic mass is 32.2. The van der Waals surface area contributed by atoms with Crippen molar-refractivity contribution in [2.24, 2.45) is 5.92 Å². The number of rotatable bonds is 3. The maximum Gasteiger partial charge on any atom is 0.421 e. The van der Waals surface area contributed by atoms with Crippen molar-refractivity contribution in [3.8, 4) is 6.07 Å². The van der Waals surface area contributed by atoms with Gasteiger partial charge in [-0.1, -0.05) is 17.7 Å². The Balaban J connectivity index is 2.02. The summed E-state index contributed by atoms with van der Waals surface area (Å²) in [4.78, 5) is 11.7. The van der Waals surface area contributed by atoms with Crippen molar-refractivity contribution < 1.29 is 17.9 Å². The van der Waals surface area contributed by atoms with Crippen molar-refractivity contribution in [1.82, 2.24) is 4.72 Å². The number of benzene rings is 1. The molecule has 1 saturated carbocycles. The number of aryl methyl sites for hydroxylation is 1. The van der Waals surface area contributed by atoms with Crippen molar-refractivity contribution in [3.63, 3.8) is 0 Å². The molecule has 0 aliphatic heterocycles. The first-order chi connectivity index (χ1) is 9.92. The van der Waals surface area contributed by atoms with Gasteiger partial charge in [0.2, 0.25) is 0 Å². The van der Waals surface area contributed by atoms with Crippen LogP contribution >= 0.6 is 0 Å². The summed E-state index contributed by atoms with van der Waals surface area (Å²) in [5.74, 6) is -0.363. The summed E-state index contributed by atoms with van der Waals surface area (Å²) < 4.78 is 30.9. The molecule has 1 N–H and O–H groups in total. The number of hydrogen-bond acceptors (Lipinski definition) is 5. The lowest BCUT2D eigenvalue weighted by atomic mass is 10.1. The molecule has 7 heteroatoms. The van der Waals surface area contributed by atoms with Gasteiger partial charge in [0, 0.05) is 0 Å². The second-order valence-electron chi connectivity index (χ2n) is 5.03. The molecule has 0 unspecified atom stereocenters. The average Bonchev–Trinajstić information content (AvgIpc) is 2.85. The minimum absolute atomic E-state index is 0.00620. The fraction of sp³-hybridized carbons (Fsp3) is 0.429. The molecule has 0 radical (unpaired) electrons. The predicted molar refractivity (Wildman–Crippen MR) is 74.7 cm³/mol. The predicted octanol–water partition coefficient (Wildman–Crippen LogP) is 2.10. The molecule has 0 heterocycles. The highest BCUT2D eigenvalue weighted by Crippen LogP contribution is 2.27. The number of ether oxygens (including phenoxy) is 1. The van der Waals surface area contributed by atoms with Gasteiger partial charge in [0.15, 0.2) is 0 Å². The number of nitrogens with one attached hydrogen (secondary N) is 1. The number of nitrogens with zero attached hydrogens (tertiary/aromatic N) is 1. The smallest absolute Gasteiger partial charge is 0.421 e. The van der Waals surface area contributed by atoms with E-state index in [1.807, 2.05) is 11.6 Å². The maximum absolute atomic E-state index is 12.0. The number of carbonyl (C=O) groups is 1. The third-order valence-corrected chi connectivity index (χ3v) is 4.75. The average molecular weight is 308 g/mol. The van der Waals surface area contributed by atoms with Crippen LogP contribution in [-0.4, -0.2) is 20.6 Å². The Kier molecular flexibility index (Phi) is 4.48. The van der Waals surface area contributed by atoms with E-state index in [1.54, 1.807) is 12.1 Å². The van der Waals surface area contributed by atoms with Gasteiger partial charge < -0.3 is 4.74 Å². The Hall–Kier alpha value is -2.07. The van der Waals surface area contributed by atoms with Crippen LogP contribution in [0.25, 0.3) is 0 Å². The zero-order valence-corrected chi connectivity index (χ0v) is 12.4. The van der Waals surface area contributed by atoms with E-state index >= 15 is 0 Å². The molecule has 0 spiro atoms. The highest BCUT2D eigenvalue weighted by molar-refractivity contribution is 7.90. The molecule has 1 aromatic carbocycles. The summed E-state index contributed by atoms with van der Waals surface area (Å²) in [5, 5.41) is 8.91.